The summed E-state index contributed by atoms with van der Waals surface area (Å²) in [6.45, 7) is -1.37. The quantitative estimate of drug-likeness (QED) is 0.653. The van der Waals surface area contributed by atoms with E-state index in [9.17, 15) is 32.9 Å². The molecule has 1 aromatic rings. The van der Waals surface area contributed by atoms with Gasteiger partial charge in [0.15, 0.2) is 0 Å². The largest absolute Gasteiger partial charge is 0.480 e. The predicted octanol–water partition coefficient (Wildman–Crippen LogP) is 0.970. The first kappa shape index (κ1) is 15.3. The molecule has 0 fully saturated rings. The van der Waals surface area contributed by atoms with Crippen molar-refractivity contribution >= 4 is 23.3 Å². The van der Waals surface area contributed by atoms with Crippen molar-refractivity contribution in [1.82, 2.24) is 4.98 Å². The molecule has 1 N–H and O–H groups in total. The molecule has 1 amide bonds. The van der Waals surface area contributed by atoms with Crippen LogP contribution in [0, 0.1) is 10.1 Å². The fourth-order valence-corrected chi connectivity index (χ4v) is 1.30. The van der Waals surface area contributed by atoms with Gasteiger partial charge in [0, 0.05) is 6.20 Å². The summed E-state index contributed by atoms with van der Waals surface area (Å²) in [6, 6.07) is 0.755. The van der Waals surface area contributed by atoms with E-state index in [0.29, 0.717) is 6.20 Å². The Morgan fingerprint density at radius 2 is 2.05 bits per heavy atom. The third kappa shape index (κ3) is 3.40. The average Bonchev–Trinajstić information content (AvgIpc) is 2.33. The molecule has 0 spiro atoms. The van der Waals surface area contributed by atoms with Crippen LogP contribution in [0.2, 0.25) is 0 Å². The van der Waals surface area contributed by atoms with E-state index in [2.05, 4.69) is 4.98 Å². The molecule has 0 atom stereocenters. The minimum absolute atomic E-state index is 0.234. The van der Waals surface area contributed by atoms with Crippen LogP contribution in [-0.4, -0.2) is 39.6 Å². The Hall–Kier alpha value is -2.72. The minimum atomic E-state index is -5.37. The Balaban J connectivity index is 3.35. The van der Waals surface area contributed by atoms with E-state index < -0.39 is 40.9 Å². The van der Waals surface area contributed by atoms with Gasteiger partial charge in [0.25, 0.3) is 0 Å². The fraction of sp³-hybridized carbons (Fsp3) is 0.222. The lowest BCUT2D eigenvalue weighted by atomic mass is 10.3. The number of rotatable bonds is 4. The van der Waals surface area contributed by atoms with Crippen LogP contribution < -0.4 is 4.90 Å². The minimum Gasteiger partial charge on any atom is -0.480 e. The lowest BCUT2D eigenvalue weighted by Crippen LogP contribution is -2.44. The lowest BCUT2D eigenvalue weighted by Gasteiger charge is -2.21. The number of alkyl halides is 3. The van der Waals surface area contributed by atoms with Gasteiger partial charge in [0.2, 0.25) is 0 Å². The molecule has 0 unspecified atom stereocenters. The maximum Gasteiger partial charge on any atom is 0.471 e. The topological polar surface area (TPSA) is 114 Å². The summed E-state index contributed by atoms with van der Waals surface area (Å²) >= 11 is 0. The lowest BCUT2D eigenvalue weighted by molar-refractivity contribution is -0.384. The van der Waals surface area contributed by atoms with Crippen LogP contribution in [0.3, 0.4) is 0 Å². The molecule has 0 saturated heterocycles. The Labute approximate surface area is 108 Å². The molecular weight excluding hydrogens is 287 g/mol. The van der Waals surface area contributed by atoms with E-state index in [0.717, 1.165) is 12.3 Å². The smallest absolute Gasteiger partial charge is 0.471 e. The first-order chi connectivity index (χ1) is 9.14. The summed E-state index contributed by atoms with van der Waals surface area (Å²) in [5, 5.41) is 19.2. The van der Waals surface area contributed by atoms with Crippen molar-refractivity contribution in [3.63, 3.8) is 0 Å². The normalized spacial score (nSPS) is 10.9. The summed E-state index contributed by atoms with van der Waals surface area (Å²) in [6.07, 6.45) is -3.85. The number of aliphatic carboxylic acids is 1. The summed E-state index contributed by atoms with van der Waals surface area (Å²) in [7, 11) is 0. The number of carboxylic acid groups (broad SMARTS) is 1. The van der Waals surface area contributed by atoms with Gasteiger partial charge < -0.3 is 5.11 Å². The van der Waals surface area contributed by atoms with Crippen molar-refractivity contribution in [2.45, 2.75) is 6.18 Å². The van der Waals surface area contributed by atoms with Crippen molar-refractivity contribution < 1.29 is 32.8 Å². The van der Waals surface area contributed by atoms with Crippen LogP contribution in [-0.2, 0) is 9.59 Å². The molecule has 1 rings (SSSR count). The predicted molar refractivity (Wildman–Crippen MR) is 56.9 cm³/mol. The van der Waals surface area contributed by atoms with Gasteiger partial charge in [-0.3, -0.25) is 29.6 Å². The molecule has 0 aliphatic heterocycles. The van der Waals surface area contributed by atoms with E-state index in [4.69, 9.17) is 5.11 Å². The summed E-state index contributed by atoms with van der Waals surface area (Å²) in [4.78, 5) is 34.4. The molecule has 1 heterocycles. The second-order valence-electron chi connectivity index (χ2n) is 3.40. The van der Waals surface area contributed by atoms with E-state index in [1.807, 2.05) is 0 Å². The Morgan fingerprint density at radius 3 is 2.50 bits per heavy atom. The third-order valence-electron chi connectivity index (χ3n) is 2.05. The molecular formula is C9H6F3N3O5. The maximum absolute atomic E-state index is 12.4. The molecule has 1 aromatic heterocycles. The number of carboxylic acids is 1. The summed E-state index contributed by atoms with van der Waals surface area (Å²) in [5.41, 5.74) is -1.71. The first-order valence-corrected chi connectivity index (χ1v) is 4.83. The SMILES string of the molecule is O=C(O)CN(C(=O)C(F)(F)F)c1ccncc1[N+](=O)[O-]. The van der Waals surface area contributed by atoms with Crippen LogP contribution in [0.4, 0.5) is 24.5 Å². The average molecular weight is 293 g/mol. The Bertz CT molecular complexity index is 560. The zero-order chi connectivity index (χ0) is 15.5. The highest BCUT2D eigenvalue weighted by Crippen LogP contribution is 2.30. The van der Waals surface area contributed by atoms with Crippen molar-refractivity contribution in [2.75, 3.05) is 11.4 Å². The number of halogens is 3. The number of nitro groups is 1. The number of hydrogen-bond acceptors (Lipinski definition) is 5. The Morgan fingerprint density at radius 1 is 1.45 bits per heavy atom. The maximum atomic E-state index is 12.4. The number of carbonyl (C=O) groups is 2. The number of hydrogen-bond donors (Lipinski definition) is 1. The highest BCUT2D eigenvalue weighted by Gasteiger charge is 2.45. The van der Waals surface area contributed by atoms with Crippen molar-refractivity contribution in [1.29, 1.82) is 0 Å². The van der Waals surface area contributed by atoms with Gasteiger partial charge in [-0.05, 0) is 6.07 Å². The van der Waals surface area contributed by atoms with Crippen LogP contribution in [0.25, 0.3) is 0 Å². The number of pyridine rings is 1. The van der Waals surface area contributed by atoms with Crippen LogP contribution in [0.5, 0.6) is 0 Å². The molecule has 0 aliphatic carbocycles. The standard InChI is InChI=1S/C9H6F3N3O5/c10-9(11,12)8(18)14(4-7(16)17)5-1-2-13-3-6(5)15(19)20/h1-3H,4H2,(H,16,17). The van der Waals surface area contributed by atoms with Crippen LogP contribution in [0.15, 0.2) is 18.5 Å². The number of nitrogens with zero attached hydrogens (tertiary/aromatic N) is 3. The molecule has 0 radical (unpaired) electrons. The monoisotopic (exact) mass is 293 g/mol. The van der Waals surface area contributed by atoms with Gasteiger partial charge in [0.1, 0.15) is 18.4 Å². The number of carbonyl (C=O) groups excluding carboxylic acids is 1. The molecule has 0 bridgehead atoms. The molecule has 0 aliphatic rings. The molecule has 20 heavy (non-hydrogen) atoms. The van der Waals surface area contributed by atoms with Crippen molar-refractivity contribution in [3.05, 3.63) is 28.6 Å². The third-order valence-corrected chi connectivity index (χ3v) is 2.05. The van der Waals surface area contributed by atoms with Crippen LogP contribution in [0.1, 0.15) is 0 Å². The molecule has 8 nitrogen and oxygen atoms in total. The second-order valence-corrected chi connectivity index (χ2v) is 3.40. The van der Waals surface area contributed by atoms with Crippen LogP contribution >= 0.6 is 0 Å². The van der Waals surface area contributed by atoms with E-state index in [-0.39, 0.29) is 4.90 Å². The van der Waals surface area contributed by atoms with E-state index in [1.54, 1.807) is 0 Å². The zero-order valence-electron chi connectivity index (χ0n) is 9.49. The van der Waals surface area contributed by atoms with E-state index in [1.165, 1.54) is 0 Å². The number of amides is 1. The number of aromatic nitrogens is 1. The summed E-state index contributed by atoms with van der Waals surface area (Å²) in [5.74, 6) is -4.28. The van der Waals surface area contributed by atoms with Gasteiger partial charge in [-0.1, -0.05) is 0 Å². The molecule has 0 saturated carbocycles. The fourth-order valence-electron chi connectivity index (χ4n) is 1.30. The first-order valence-electron chi connectivity index (χ1n) is 4.83. The Kier molecular flexibility index (Phi) is 4.22. The van der Waals surface area contributed by atoms with Gasteiger partial charge in [0.05, 0.1) is 4.92 Å². The molecule has 108 valence electrons. The highest BCUT2D eigenvalue weighted by atomic mass is 19.4. The summed E-state index contributed by atoms with van der Waals surface area (Å²) < 4.78 is 37.2. The molecule has 0 aromatic carbocycles. The van der Waals surface area contributed by atoms with Gasteiger partial charge in [-0.25, -0.2) is 0 Å². The zero-order valence-corrected chi connectivity index (χ0v) is 9.49. The van der Waals surface area contributed by atoms with Crippen molar-refractivity contribution in [2.24, 2.45) is 0 Å². The van der Waals surface area contributed by atoms with Gasteiger partial charge in [-0.2, -0.15) is 13.2 Å². The van der Waals surface area contributed by atoms with E-state index >= 15 is 0 Å². The number of anilines is 1. The van der Waals surface area contributed by atoms with Crippen molar-refractivity contribution in [3.8, 4) is 0 Å². The molecule has 11 heteroatoms. The van der Waals surface area contributed by atoms with Gasteiger partial charge in [-0.15, -0.1) is 0 Å². The van der Waals surface area contributed by atoms with Gasteiger partial charge >= 0.3 is 23.7 Å². The highest BCUT2D eigenvalue weighted by molar-refractivity contribution is 6.02. The second kappa shape index (κ2) is 5.50.